The van der Waals surface area contributed by atoms with E-state index in [-0.39, 0.29) is 0 Å². The van der Waals surface area contributed by atoms with Gasteiger partial charge in [-0.15, -0.1) is 0 Å². The molecule has 0 aromatic carbocycles. The minimum absolute atomic E-state index is 0.738. The fraction of sp³-hybridized carbons (Fsp3) is 0.722. The maximum Gasteiger partial charge on any atom is 0.0547 e. The number of hydrogen-bond donors (Lipinski definition) is 1. The molecular formula is C18H29N3. The van der Waals surface area contributed by atoms with Crippen molar-refractivity contribution in [1.82, 2.24) is 15.2 Å². The van der Waals surface area contributed by atoms with Crippen LogP contribution < -0.4 is 5.32 Å². The maximum atomic E-state index is 4.71. The first kappa shape index (κ1) is 15.0. The summed E-state index contributed by atoms with van der Waals surface area (Å²) in [4.78, 5) is 7.45. The number of hydrogen-bond acceptors (Lipinski definition) is 3. The van der Waals surface area contributed by atoms with Crippen LogP contribution >= 0.6 is 0 Å². The Bertz CT molecular complexity index is 446. The van der Waals surface area contributed by atoms with E-state index < -0.39 is 0 Å². The first-order valence-electron chi connectivity index (χ1n) is 8.68. The lowest BCUT2D eigenvalue weighted by molar-refractivity contribution is 0.0168. The fourth-order valence-corrected chi connectivity index (χ4v) is 4.13. The monoisotopic (exact) mass is 287 g/mol. The predicted octanol–water partition coefficient (Wildman–Crippen LogP) is 3.28. The van der Waals surface area contributed by atoms with Gasteiger partial charge < -0.3 is 5.32 Å². The van der Waals surface area contributed by atoms with Gasteiger partial charge in [-0.2, -0.15) is 0 Å². The second-order valence-corrected chi connectivity index (χ2v) is 6.80. The van der Waals surface area contributed by atoms with Crippen molar-refractivity contribution < 1.29 is 0 Å². The number of aromatic nitrogens is 1. The standard InChI is InChI=1S/C18H29N3/c1-3-10-19-16-11-17-8-5-9-18(12-16)21(17)13-15-7-4-6-14(2)20-15/h4,6-7,16-19H,3,5,8-13H2,1-2H3. The largest absolute Gasteiger partial charge is 0.314 e. The van der Waals surface area contributed by atoms with Gasteiger partial charge in [-0.1, -0.05) is 19.4 Å². The highest BCUT2D eigenvalue weighted by Crippen LogP contribution is 2.35. The molecule has 0 radical (unpaired) electrons. The van der Waals surface area contributed by atoms with E-state index in [4.69, 9.17) is 4.98 Å². The lowest BCUT2D eigenvalue weighted by Crippen LogP contribution is -2.55. The first-order valence-corrected chi connectivity index (χ1v) is 8.68. The molecule has 2 aliphatic heterocycles. The Morgan fingerprint density at radius 1 is 1.24 bits per heavy atom. The van der Waals surface area contributed by atoms with Gasteiger partial charge in [0.1, 0.15) is 0 Å². The van der Waals surface area contributed by atoms with E-state index in [1.807, 2.05) is 0 Å². The van der Waals surface area contributed by atoms with Crippen molar-refractivity contribution in [3.8, 4) is 0 Å². The summed E-state index contributed by atoms with van der Waals surface area (Å²) in [6.45, 7) is 6.55. The molecule has 2 saturated heterocycles. The molecule has 21 heavy (non-hydrogen) atoms. The van der Waals surface area contributed by atoms with Crippen molar-refractivity contribution in [3.63, 3.8) is 0 Å². The van der Waals surface area contributed by atoms with Crippen LogP contribution in [0.3, 0.4) is 0 Å². The molecule has 3 heteroatoms. The quantitative estimate of drug-likeness (QED) is 0.901. The Morgan fingerprint density at radius 3 is 2.67 bits per heavy atom. The van der Waals surface area contributed by atoms with Crippen LogP contribution in [0.15, 0.2) is 18.2 Å². The summed E-state index contributed by atoms with van der Waals surface area (Å²) in [5.74, 6) is 0. The van der Waals surface area contributed by atoms with E-state index in [1.165, 1.54) is 50.8 Å². The number of nitrogens with one attached hydrogen (secondary N) is 1. The molecule has 1 N–H and O–H groups in total. The van der Waals surface area contributed by atoms with Gasteiger partial charge in [0, 0.05) is 30.4 Å². The van der Waals surface area contributed by atoms with E-state index in [9.17, 15) is 0 Å². The highest BCUT2D eigenvalue weighted by Gasteiger charge is 2.37. The van der Waals surface area contributed by atoms with E-state index >= 15 is 0 Å². The number of aryl methyl sites for hydroxylation is 1. The summed E-state index contributed by atoms with van der Waals surface area (Å²) in [6, 6.07) is 8.67. The number of rotatable bonds is 5. The van der Waals surface area contributed by atoms with Gasteiger partial charge in [0.05, 0.1) is 5.69 Å². The molecule has 0 saturated carbocycles. The van der Waals surface area contributed by atoms with Gasteiger partial charge >= 0.3 is 0 Å². The van der Waals surface area contributed by atoms with E-state index in [0.717, 1.165) is 30.4 Å². The van der Waals surface area contributed by atoms with Gasteiger partial charge in [-0.3, -0.25) is 9.88 Å². The maximum absolute atomic E-state index is 4.71. The van der Waals surface area contributed by atoms with Crippen LogP contribution in [-0.2, 0) is 6.54 Å². The molecular weight excluding hydrogens is 258 g/mol. The molecule has 0 amide bonds. The average Bonchev–Trinajstić information content (AvgIpc) is 2.45. The highest BCUT2D eigenvalue weighted by molar-refractivity contribution is 5.11. The zero-order chi connectivity index (χ0) is 14.7. The van der Waals surface area contributed by atoms with E-state index in [1.54, 1.807) is 0 Å². The summed E-state index contributed by atoms with van der Waals surface area (Å²) in [6.07, 6.45) is 8.03. The third-order valence-electron chi connectivity index (χ3n) is 5.10. The van der Waals surface area contributed by atoms with Gasteiger partial charge in [-0.05, 0) is 57.7 Å². The smallest absolute Gasteiger partial charge is 0.0547 e. The van der Waals surface area contributed by atoms with Crippen molar-refractivity contribution in [2.24, 2.45) is 0 Å². The topological polar surface area (TPSA) is 28.2 Å². The lowest BCUT2D eigenvalue weighted by Gasteiger charge is -2.49. The molecule has 2 atom stereocenters. The van der Waals surface area contributed by atoms with Gasteiger partial charge in [0.2, 0.25) is 0 Å². The molecule has 1 aromatic rings. The number of pyridine rings is 1. The zero-order valence-corrected chi connectivity index (χ0v) is 13.5. The third-order valence-corrected chi connectivity index (χ3v) is 5.10. The van der Waals surface area contributed by atoms with E-state index in [2.05, 4.69) is 42.3 Å². The van der Waals surface area contributed by atoms with Crippen LogP contribution in [0.1, 0.15) is 56.8 Å². The third kappa shape index (κ3) is 3.64. The second kappa shape index (κ2) is 6.89. The van der Waals surface area contributed by atoms with Crippen LogP contribution in [0.4, 0.5) is 0 Å². The summed E-state index contributed by atoms with van der Waals surface area (Å²) in [5.41, 5.74) is 2.38. The fourth-order valence-electron chi connectivity index (χ4n) is 4.13. The summed E-state index contributed by atoms with van der Waals surface area (Å²) in [7, 11) is 0. The highest BCUT2D eigenvalue weighted by atomic mass is 15.2. The van der Waals surface area contributed by atoms with Crippen molar-refractivity contribution in [1.29, 1.82) is 0 Å². The molecule has 0 aliphatic carbocycles. The molecule has 116 valence electrons. The second-order valence-electron chi connectivity index (χ2n) is 6.80. The Labute approximate surface area is 129 Å². The molecule has 2 bridgehead atoms. The van der Waals surface area contributed by atoms with Crippen LogP contribution in [0.2, 0.25) is 0 Å². The Balaban J connectivity index is 1.66. The SMILES string of the molecule is CCCNC1CC2CCCC(C1)N2Cc1cccc(C)n1. The molecule has 3 nitrogen and oxygen atoms in total. The van der Waals surface area contributed by atoms with E-state index in [0.29, 0.717) is 0 Å². The van der Waals surface area contributed by atoms with Crippen LogP contribution in [0.25, 0.3) is 0 Å². The Hall–Kier alpha value is -0.930. The van der Waals surface area contributed by atoms with Crippen molar-refractivity contribution in [2.75, 3.05) is 6.54 Å². The molecule has 3 heterocycles. The number of fused-ring (bicyclic) bond motifs is 2. The Kier molecular flexibility index (Phi) is 4.91. The van der Waals surface area contributed by atoms with Gasteiger partial charge in [-0.25, -0.2) is 0 Å². The molecule has 2 fully saturated rings. The molecule has 1 aromatic heterocycles. The van der Waals surface area contributed by atoms with Gasteiger partial charge in [0.25, 0.3) is 0 Å². The summed E-state index contributed by atoms with van der Waals surface area (Å²) in [5, 5.41) is 3.75. The number of piperidine rings is 2. The minimum atomic E-state index is 0.738. The van der Waals surface area contributed by atoms with Crippen molar-refractivity contribution in [3.05, 3.63) is 29.6 Å². The van der Waals surface area contributed by atoms with Crippen LogP contribution in [-0.4, -0.2) is 34.6 Å². The Morgan fingerprint density at radius 2 is 2.00 bits per heavy atom. The normalized spacial score (nSPS) is 29.5. The predicted molar refractivity (Wildman–Crippen MR) is 87.3 cm³/mol. The average molecular weight is 287 g/mol. The van der Waals surface area contributed by atoms with Crippen molar-refractivity contribution in [2.45, 2.75) is 77.0 Å². The molecule has 3 rings (SSSR count). The van der Waals surface area contributed by atoms with Crippen molar-refractivity contribution >= 4 is 0 Å². The molecule has 2 unspecified atom stereocenters. The van der Waals surface area contributed by atoms with Crippen LogP contribution in [0.5, 0.6) is 0 Å². The lowest BCUT2D eigenvalue weighted by atomic mass is 9.81. The molecule has 0 spiro atoms. The first-order chi connectivity index (χ1) is 10.3. The minimum Gasteiger partial charge on any atom is -0.314 e. The zero-order valence-electron chi connectivity index (χ0n) is 13.5. The molecule has 2 aliphatic rings. The number of nitrogens with zero attached hydrogens (tertiary/aromatic N) is 2. The summed E-state index contributed by atoms with van der Waals surface area (Å²) >= 11 is 0. The van der Waals surface area contributed by atoms with Crippen LogP contribution in [0, 0.1) is 6.92 Å². The summed E-state index contributed by atoms with van der Waals surface area (Å²) < 4.78 is 0. The van der Waals surface area contributed by atoms with Gasteiger partial charge in [0.15, 0.2) is 0 Å².